The molecule has 0 saturated heterocycles. The summed E-state index contributed by atoms with van der Waals surface area (Å²) in [7, 11) is 0. The SMILES string of the molecule is Cc1ccc(NC(CNC(=O)C(NC(=O)OCC(C)C)C(C)C)C(C)C)cc1. The second kappa shape index (κ2) is 11.6. The van der Waals surface area contributed by atoms with E-state index in [1.165, 1.54) is 5.56 Å². The fourth-order valence-electron chi connectivity index (χ4n) is 2.58. The van der Waals surface area contributed by atoms with Crippen LogP contribution >= 0.6 is 0 Å². The van der Waals surface area contributed by atoms with Crippen molar-refractivity contribution in [1.29, 1.82) is 0 Å². The van der Waals surface area contributed by atoms with Gasteiger partial charge in [0.2, 0.25) is 5.91 Å². The number of rotatable bonds is 10. The Kier molecular flexibility index (Phi) is 9.83. The minimum Gasteiger partial charge on any atom is -0.449 e. The number of carbonyl (C=O) groups excluding carboxylic acids is 2. The highest BCUT2D eigenvalue weighted by Gasteiger charge is 2.26. The van der Waals surface area contributed by atoms with Crippen LogP contribution in [0.1, 0.15) is 47.1 Å². The molecule has 0 saturated carbocycles. The molecule has 0 aromatic heterocycles. The number of nitrogens with one attached hydrogen (secondary N) is 3. The first-order valence-corrected chi connectivity index (χ1v) is 10.1. The Bertz CT molecular complexity index is 612. The molecular formula is C22H37N3O3. The normalized spacial score (nSPS) is 13.4. The molecule has 2 atom stereocenters. The van der Waals surface area contributed by atoms with Crippen molar-refractivity contribution in [2.75, 3.05) is 18.5 Å². The smallest absolute Gasteiger partial charge is 0.407 e. The number of ether oxygens (including phenoxy) is 1. The van der Waals surface area contributed by atoms with Crippen molar-refractivity contribution >= 4 is 17.7 Å². The van der Waals surface area contributed by atoms with Gasteiger partial charge in [-0.1, -0.05) is 59.2 Å². The summed E-state index contributed by atoms with van der Waals surface area (Å²) in [5.74, 6) is 0.321. The molecule has 2 unspecified atom stereocenters. The van der Waals surface area contributed by atoms with E-state index in [4.69, 9.17) is 4.74 Å². The molecule has 3 N–H and O–H groups in total. The minimum absolute atomic E-state index is 0.0471. The Hall–Kier alpha value is -2.24. The number of anilines is 1. The standard InChI is InChI=1S/C22H37N3O3/c1-14(2)13-28-22(27)25-20(16(5)6)21(26)23-12-19(15(3)4)24-18-10-8-17(7)9-11-18/h8-11,14-16,19-20,24H,12-13H2,1-7H3,(H,23,26)(H,25,27). The third-order valence-corrected chi connectivity index (χ3v) is 4.47. The molecule has 6 nitrogen and oxygen atoms in total. The van der Waals surface area contributed by atoms with Crippen LogP contribution in [-0.2, 0) is 9.53 Å². The maximum atomic E-state index is 12.7. The van der Waals surface area contributed by atoms with Crippen LogP contribution in [0.25, 0.3) is 0 Å². The first kappa shape index (κ1) is 23.8. The van der Waals surface area contributed by atoms with Crippen molar-refractivity contribution in [3.05, 3.63) is 29.8 Å². The van der Waals surface area contributed by atoms with Crippen molar-refractivity contribution in [3.8, 4) is 0 Å². The zero-order valence-corrected chi connectivity index (χ0v) is 18.3. The van der Waals surface area contributed by atoms with E-state index in [2.05, 4.69) is 48.9 Å². The molecule has 0 spiro atoms. The van der Waals surface area contributed by atoms with Crippen LogP contribution in [-0.4, -0.2) is 37.2 Å². The Morgan fingerprint density at radius 2 is 1.57 bits per heavy atom. The van der Waals surface area contributed by atoms with E-state index < -0.39 is 12.1 Å². The molecule has 2 amide bonds. The second-order valence-electron chi connectivity index (χ2n) is 8.46. The summed E-state index contributed by atoms with van der Waals surface area (Å²) in [6, 6.07) is 7.63. The van der Waals surface area contributed by atoms with Crippen molar-refractivity contribution < 1.29 is 14.3 Å². The van der Waals surface area contributed by atoms with Gasteiger partial charge in [0, 0.05) is 18.3 Å². The lowest BCUT2D eigenvalue weighted by Crippen LogP contribution is -2.52. The van der Waals surface area contributed by atoms with E-state index in [-0.39, 0.29) is 23.8 Å². The summed E-state index contributed by atoms with van der Waals surface area (Å²) in [4.78, 5) is 24.6. The molecule has 0 fully saturated rings. The van der Waals surface area contributed by atoms with Gasteiger partial charge in [0.05, 0.1) is 6.61 Å². The number of alkyl carbamates (subject to hydrolysis) is 1. The van der Waals surface area contributed by atoms with Gasteiger partial charge in [-0.15, -0.1) is 0 Å². The van der Waals surface area contributed by atoms with Gasteiger partial charge in [0.1, 0.15) is 6.04 Å². The van der Waals surface area contributed by atoms with Gasteiger partial charge in [-0.3, -0.25) is 4.79 Å². The third-order valence-electron chi connectivity index (χ3n) is 4.47. The van der Waals surface area contributed by atoms with Crippen LogP contribution < -0.4 is 16.0 Å². The van der Waals surface area contributed by atoms with Crippen molar-refractivity contribution in [2.24, 2.45) is 17.8 Å². The summed E-state index contributed by atoms with van der Waals surface area (Å²) in [5, 5.41) is 9.14. The lowest BCUT2D eigenvalue weighted by molar-refractivity contribution is -0.124. The van der Waals surface area contributed by atoms with Crippen molar-refractivity contribution in [1.82, 2.24) is 10.6 Å². The third kappa shape index (κ3) is 8.63. The summed E-state index contributed by atoms with van der Waals surface area (Å²) in [5.41, 5.74) is 2.23. The predicted molar refractivity (Wildman–Crippen MR) is 114 cm³/mol. The summed E-state index contributed by atoms with van der Waals surface area (Å²) in [6.45, 7) is 14.8. The Morgan fingerprint density at radius 1 is 0.964 bits per heavy atom. The zero-order valence-electron chi connectivity index (χ0n) is 18.3. The molecule has 1 aromatic carbocycles. The largest absolute Gasteiger partial charge is 0.449 e. The quantitative estimate of drug-likeness (QED) is 0.564. The first-order valence-electron chi connectivity index (χ1n) is 10.1. The fraction of sp³-hybridized carbons (Fsp3) is 0.636. The summed E-state index contributed by atoms with van der Waals surface area (Å²) >= 11 is 0. The van der Waals surface area contributed by atoms with Crippen LogP contribution in [0.2, 0.25) is 0 Å². The molecule has 0 aliphatic rings. The average molecular weight is 392 g/mol. The molecule has 158 valence electrons. The molecule has 1 aromatic rings. The molecule has 6 heteroatoms. The highest BCUT2D eigenvalue weighted by atomic mass is 16.5. The van der Waals surface area contributed by atoms with Gasteiger partial charge in [-0.2, -0.15) is 0 Å². The van der Waals surface area contributed by atoms with Crippen LogP contribution in [0.5, 0.6) is 0 Å². The van der Waals surface area contributed by atoms with Crippen molar-refractivity contribution in [3.63, 3.8) is 0 Å². The van der Waals surface area contributed by atoms with Gasteiger partial charge in [0.25, 0.3) is 0 Å². The van der Waals surface area contributed by atoms with E-state index in [1.807, 2.05) is 39.8 Å². The number of aryl methyl sites for hydroxylation is 1. The average Bonchev–Trinajstić information content (AvgIpc) is 2.62. The Morgan fingerprint density at radius 3 is 2.07 bits per heavy atom. The number of amides is 2. The number of hydrogen-bond acceptors (Lipinski definition) is 4. The van der Waals surface area contributed by atoms with Gasteiger partial charge < -0.3 is 20.7 Å². The van der Waals surface area contributed by atoms with Crippen LogP contribution in [0, 0.1) is 24.7 Å². The Labute approximate surface area is 169 Å². The van der Waals surface area contributed by atoms with Gasteiger partial charge in [-0.05, 0) is 36.8 Å². The van der Waals surface area contributed by atoms with Gasteiger partial charge in [-0.25, -0.2) is 4.79 Å². The van der Waals surface area contributed by atoms with E-state index in [9.17, 15) is 9.59 Å². The number of carbonyl (C=O) groups is 2. The molecule has 28 heavy (non-hydrogen) atoms. The van der Waals surface area contributed by atoms with Crippen LogP contribution in [0.15, 0.2) is 24.3 Å². The van der Waals surface area contributed by atoms with E-state index in [0.717, 1.165) is 5.69 Å². The second-order valence-corrected chi connectivity index (χ2v) is 8.46. The molecule has 0 radical (unpaired) electrons. The highest BCUT2D eigenvalue weighted by Crippen LogP contribution is 2.14. The fourth-order valence-corrected chi connectivity index (χ4v) is 2.58. The molecule has 1 rings (SSSR count). The summed E-state index contributed by atoms with van der Waals surface area (Å²) < 4.78 is 5.14. The van der Waals surface area contributed by atoms with Crippen molar-refractivity contribution in [2.45, 2.75) is 60.5 Å². The van der Waals surface area contributed by atoms with Crippen LogP contribution in [0.4, 0.5) is 10.5 Å². The van der Waals surface area contributed by atoms with E-state index >= 15 is 0 Å². The molecule has 0 aliphatic carbocycles. The molecular weight excluding hydrogens is 354 g/mol. The molecule has 0 bridgehead atoms. The summed E-state index contributed by atoms with van der Waals surface area (Å²) in [6.07, 6.45) is -0.555. The van der Waals surface area contributed by atoms with E-state index in [0.29, 0.717) is 19.1 Å². The lowest BCUT2D eigenvalue weighted by Gasteiger charge is -2.26. The molecule has 0 aliphatic heterocycles. The minimum atomic E-state index is -0.633. The monoisotopic (exact) mass is 391 g/mol. The zero-order chi connectivity index (χ0) is 21.3. The maximum Gasteiger partial charge on any atom is 0.407 e. The van der Waals surface area contributed by atoms with Gasteiger partial charge in [0.15, 0.2) is 0 Å². The lowest BCUT2D eigenvalue weighted by atomic mass is 10.0. The Balaban J connectivity index is 2.64. The highest BCUT2D eigenvalue weighted by molar-refractivity contribution is 5.85. The molecule has 0 heterocycles. The first-order chi connectivity index (χ1) is 13.1. The van der Waals surface area contributed by atoms with E-state index in [1.54, 1.807) is 0 Å². The number of hydrogen-bond donors (Lipinski definition) is 3. The number of benzene rings is 1. The van der Waals surface area contributed by atoms with Crippen LogP contribution in [0.3, 0.4) is 0 Å². The topological polar surface area (TPSA) is 79.5 Å². The maximum absolute atomic E-state index is 12.7. The predicted octanol–water partition coefficient (Wildman–Crippen LogP) is 3.95. The van der Waals surface area contributed by atoms with Gasteiger partial charge >= 0.3 is 6.09 Å².